The van der Waals surface area contributed by atoms with Crippen LogP contribution in [0, 0.1) is 23.2 Å². The molecule has 0 heterocycles. The molecule has 1 fully saturated rings. The molecule has 0 bridgehead atoms. The minimum atomic E-state index is 0.636. The molecule has 1 rings (SSSR count). The fourth-order valence-corrected chi connectivity index (χ4v) is 3.37. The van der Waals surface area contributed by atoms with Crippen molar-refractivity contribution >= 4 is 6.21 Å². The van der Waals surface area contributed by atoms with Gasteiger partial charge in [-0.2, -0.15) is 0 Å². The van der Waals surface area contributed by atoms with Crippen molar-refractivity contribution in [2.75, 3.05) is 0 Å². The van der Waals surface area contributed by atoms with Crippen molar-refractivity contribution in [2.24, 2.45) is 28.2 Å². The fraction of sp³-hybridized carbons (Fsp3) is 0.824. The Balaban J connectivity index is 2.58. The molecule has 0 amide bonds. The van der Waals surface area contributed by atoms with E-state index in [0.29, 0.717) is 5.41 Å². The first-order valence-electron chi connectivity index (χ1n) is 7.69. The van der Waals surface area contributed by atoms with E-state index in [2.05, 4.69) is 38.9 Å². The molecule has 0 radical (unpaired) electrons. The predicted molar refractivity (Wildman–Crippen MR) is 82.0 cm³/mol. The van der Waals surface area contributed by atoms with Crippen LogP contribution in [0.3, 0.4) is 0 Å². The summed E-state index contributed by atoms with van der Waals surface area (Å²) in [6.45, 7) is 11.5. The lowest BCUT2D eigenvalue weighted by Crippen LogP contribution is -2.18. The molecule has 0 aromatic rings. The van der Waals surface area contributed by atoms with Crippen LogP contribution < -0.4 is 0 Å². The Hall–Kier alpha value is -0.590. The van der Waals surface area contributed by atoms with E-state index in [1.807, 2.05) is 19.2 Å². The normalized spacial score (nSPS) is 29.6. The first kappa shape index (κ1) is 15.5. The van der Waals surface area contributed by atoms with E-state index in [1.165, 1.54) is 25.7 Å². The molecule has 0 spiro atoms. The van der Waals surface area contributed by atoms with Crippen LogP contribution in [0.4, 0.5) is 0 Å². The highest BCUT2D eigenvalue weighted by Crippen LogP contribution is 2.61. The van der Waals surface area contributed by atoms with E-state index >= 15 is 0 Å². The van der Waals surface area contributed by atoms with Crippen molar-refractivity contribution < 1.29 is 0 Å². The summed E-state index contributed by atoms with van der Waals surface area (Å²) in [6, 6.07) is 0. The molecule has 104 valence electrons. The monoisotopic (exact) mass is 249 g/mol. The molecule has 0 aromatic carbocycles. The summed E-state index contributed by atoms with van der Waals surface area (Å²) in [4.78, 5) is 4.35. The van der Waals surface area contributed by atoms with Gasteiger partial charge in [0.1, 0.15) is 0 Å². The van der Waals surface area contributed by atoms with Crippen molar-refractivity contribution in [3.05, 3.63) is 12.3 Å². The van der Waals surface area contributed by atoms with Gasteiger partial charge in [0.05, 0.1) is 0 Å². The zero-order valence-corrected chi connectivity index (χ0v) is 12.9. The molecule has 18 heavy (non-hydrogen) atoms. The Kier molecular flexibility index (Phi) is 6.11. The van der Waals surface area contributed by atoms with Crippen molar-refractivity contribution in [3.8, 4) is 0 Å². The van der Waals surface area contributed by atoms with Crippen LogP contribution in [0.15, 0.2) is 17.3 Å². The summed E-state index contributed by atoms with van der Waals surface area (Å²) < 4.78 is 0. The summed E-state index contributed by atoms with van der Waals surface area (Å²) in [7, 11) is 0. The number of nitrogens with zero attached hydrogens (tertiary/aromatic N) is 1. The summed E-state index contributed by atoms with van der Waals surface area (Å²) in [6.07, 6.45) is 12.7. The molecular formula is C17H31N. The third-order valence-corrected chi connectivity index (χ3v) is 4.80. The molecular weight excluding hydrogens is 218 g/mol. The van der Waals surface area contributed by atoms with Crippen molar-refractivity contribution in [1.29, 1.82) is 0 Å². The second kappa shape index (κ2) is 7.11. The van der Waals surface area contributed by atoms with E-state index in [-0.39, 0.29) is 0 Å². The second-order valence-corrected chi connectivity index (χ2v) is 6.41. The standard InChI is InChI=1S/C17H31N/c1-6-11-18-12-10-16(9-8-14(3)4)17(7-2)13-15(17)5/h6,11-12,14-16H,7-10,13H2,1-5H3/b11-6+,18-12?. The van der Waals surface area contributed by atoms with Gasteiger partial charge >= 0.3 is 0 Å². The van der Waals surface area contributed by atoms with Crippen LogP contribution in [-0.2, 0) is 0 Å². The van der Waals surface area contributed by atoms with Gasteiger partial charge in [0.15, 0.2) is 0 Å². The Morgan fingerprint density at radius 3 is 2.44 bits per heavy atom. The van der Waals surface area contributed by atoms with Crippen molar-refractivity contribution in [3.63, 3.8) is 0 Å². The van der Waals surface area contributed by atoms with Gasteiger partial charge in [-0.25, -0.2) is 0 Å². The van der Waals surface area contributed by atoms with Gasteiger partial charge < -0.3 is 0 Å². The van der Waals surface area contributed by atoms with Gasteiger partial charge in [0.25, 0.3) is 0 Å². The minimum Gasteiger partial charge on any atom is -0.269 e. The van der Waals surface area contributed by atoms with Crippen LogP contribution >= 0.6 is 0 Å². The molecule has 0 N–H and O–H groups in total. The van der Waals surface area contributed by atoms with Crippen LogP contribution in [0.25, 0.3) is 0 Å². The third-order valence-electron chi connectivity index (χ3n) is 4.80. The van der Waals surface area contributed by atoms with Gasteiger partial charge in [0, 0.05) is 12.4 Å². The average molecular weight is 249 g/mol. The first-order chi connectivity index (χ1) is 8.56. The minimum absolute atomic E-state index is 0.636. The van der Waals surface area contributed by atoms with Crippen LogP contribution in [0.1, 0.15) is 66.7 Å². The summed E-state index contributed by atoms with van der Waals surface area (Å²) in [5.74, 6) is 2.59. The number of rotatable bonds is 8. The highest BCUT2D eigenvalue weighted by atomic mass is 14.7. The Morgan fingerprint density at radius 2 is 2.00 bits per heavy atom. The molecule has 3 atom stereocenters. The van der Waals surface area contributed by atoms with Crippen molar-refractivity contribution in [1.82, 2.24) is 0 Å². The van der Waals surface area contributed by atoms with E-state index in [0.717, 1.165) is 24.2 Å². The second-order valence-electron chi connectivity index (χ2n) is 6.41. The molecule has 0 aromatic heterocycles. The molecule has 1 aliphatic rings. The van der Waals surface area contributed by atoms with E-state index < -0.39 is 0 Å². The van der Waals surface area contributed by atoms with Gasteiger partial charge in [-0.3, -0.25) is 4.99 Å². The van der Waals surface area contributed by atoms with Gasteiger partial charge in [-0.05, 0) is 55.8 Å². The fourth-order valence-electron chi connectivity index (χ4n) is 3.37. The maximum absolute atomic E-state index is 4.35. The number of allylic oxidation sites excluding steroid dienone is 1. The van der Waals surface area contributed by atoms with Gasteiger partial charge in [-0.15, -0.1) is 0 Å². The average Bonchev–Trinajstić information content (AvgIpc) is 3.00. The largest absolute Gasteiger partial charge is 0.269 e. The zero-order valence-electron chi connectivity index (χ0n) is 12.9. The molecule has 3 unspecified atom stereocenters. The summed E-state index contributed by atoms with van der Waals surface area (Å²) in [5.41, 5.74) is 0.636. The van der Waals surface area contributed by atoms with Crippen LogP contribution in [0.5, 0.6) is 0 Å². The molecule has 1 saturated carbocycles. The lowest BCUT2D eigenvalue weighted by molar-refractivity contribution is 0.252. The summed E-state index contributed by atoms with van der Waals surface area (Å²) >= 11 is 0. The van der Waals surface area contributed by atoms with E-state index in [1.54, 1.807) is 0 Å². The maximum atomic E-state index is 4.35. The number of hydrogen-bond donors (Lipinski definition) is 0. The molecule has 0 saturated heterocycles. The predicted octanol–water partition coefficient (Wildman–Crippen LogP) is 5.47. The van der Waals surface area contributed by atoms with Gasteiger partial charge in [0.2, 0.25) is 0 Å². The lowest BCUT2D eigenvalue weighted by Gasteiger charge is -2.26. The highest BCUT2D eigenvalue weighted by molar-refractivity contribution is 5.58. The quantitative estimate of drug-likeness (QED) is 0.506. The highest BCUT2D eigenvalue weighted by Gasteiger charge is 2.53. The molecule has 1 aliphatic carbocycles. The third kappa shape index (κ3) is 3.96. The van der Waals surface area contributed by atoms with Crippen LogP contribution in [0.2, 0.25) is 0 Å². The Bertz CT molecular complexity index is 286. The number of hydrogen-bond acceptors (Lipinski definition) is 1. The Morgan fingerprint density at radius 1 is 1.33 bits per heavy atom. The van der Waals surface area contributed by atoms with Gasteiger partial charge in [-0.1, -0.05) is 40.2 Å². The molecule has 1 nitrogen and oxygen atoms in total. The Labute approximate surface area is 114 Å². The SMILES string of the molecule is C/C=C/N=CCC(CCC(C)C)C1(CC)CC1C. The smallest absolute Gasteiger partial charge is 0.0221 e. The van der Waals surface area contributed by atoms with E-state index in [4.69, 9.17) is 0 Å². The molecule has 1 heteroatoms. The van der Waals surface area contributed by atoms with Crippen LogP contribution in [-0.4, -0.2) is 6.21 Å². The zero-order chi connectivity index (χ0) is 13.6. The lowest BCUT2D eigenvalue weighted by atomic mass is 9.78. The maximum Gasteiger partial charge on any atom is 0.0221 e. The van der Waals surface area contributed by atoms with Crippen molar-refractivity contribution in [2.45, 2.75) is 66.7 Å². The van der Waals surface area contributed by atoms with E-state index in [9.17, 15) is 0 Å². The molecule has 0 aliphatic heterocycles. The first-order valence-corrected chi connectivity index (χ1v) is 7.69. The number of aliphatic imine (C=N–C) groups is 1. The topological polar surface area (TPSA) is 12.4 Å². The summed E-state index contributed by atoms with van der Waals surface area (Å²) in [5, 5.41) is 0.